The summed E-state index contributed by atoms with van der Waals surface area (Å²) in [6, 6.07) is 0. The molecule has 84 valence electrons. The highest BCUT2D eigenvalue weighted by molar-refractivity contribution is 6.19. The van der Waals surface area contributed by atoms with Crippen molar-refractivity contribution in [2.45, 2.75) is 52.5 Å². The van der Waals surface area contributed by atoms with E-state index < -0.39 is 0 Å². The van der Waals surface area contributed by atoms with Gasteiger partial charge in [0, 0.05) is 5.92 Å². The molecule has 0 bridgehead atoms. The fourth-order valence-electron chi connectivity index (χ4n) is 2.10. The van der Waals surface area contributed by atoms with E-state index in [-0.39, 0.29) is 5.56 Å². The molecule has 1 saturated heterocycles. The summed E-state index contributed by atoms with van der Waals surface area (Å²) < 4.78 is 5.65. The van der Waals surface area contributed by atoms with Crippen LogP contribution in [0.2, 0.25) is 0 Å². The van der Waals surface area contributed by atoms with Gasteiger partial charge in [0.2, 0.25) is 0 Å². The minimum absolute atomic E-state index is 0.0762. The Labute approximate surface area is 93.2 Å². The number of alkyl halides is 1. The minimum Gasteiger partial charge on any atom is -0.362 e. The molecular weight excluding hydrogens is 196 g/mol. The van der Waals surface area contributed by atoms with Gasteiger partial charge in [-0.05, 0) is 17.8 Å². The van der Waals surface area contributed by atoms with Crippen molar-refractivity contribution < 1.29 is 4.74 Å². The fourth-order valence-corrected chi connectivity index (χ4v) is 2.62. The molecule has 0 spiro atoms. The summed E-state index contributed by atoms with van der Waals surface area (Å²) in [5.41, 5.74) is 0.230. The van der Waals surface area contributed by atoms with Gasteiger partial charge >= 0.3 is 0 Å². The van der Waals surface area contributed by atoms with Gasteiger partial charge in [-0.25, -0.2) is 0 Å². The van der Waals surface area contributed by atoms with E-state index in [4.69, 9.17) is 16.3 Å². The monoisotopic (exact) mass is 218 g/mol. The second-order valence-corrected chi connectivity index (χ2v) is 5.57. The predicted octanol–water partition coefficient (Wildman–Crippen LogP) is 4.05. The molecule has 14 heavy (non-hydrogen) atoms. The standard InChI is InChI=1S/C12H23ClO/c1-5-9-7-10(11(13)14-8-9)12(3,4)6-2/h9-11H,5-8H2,1-4H3. The SMILES string of the molecule is CCC1COC(Cl)C(C(C)(C)CC)C1. The maximum absolute atomic E-state index is 6.25. The highest BCUT2D eigenvalue weighted by Crippen LogP contribution is 2.42. The van der Waals surface area contributed by atoms with E-state index in [2.05, 4.69) is 27.7 Å². The molecule has 1 fully saturated rings. The average Bonchev–Trinajstić information content (AvgIpc) is 2.18. The zero-order valence-corrected chi connectivity index (χ0v) is 10.6. The van der Waals surface area contributed by atoms with Crippen LogP contribution in [0.4, 0.5) is 0 Å². The van der Waals surface area contributed by atoms with E-state index >= 15 is 0 Å². The summed E-state index contributed by atoms with van der Waals surface area (Å²) >= 11 is 6.25. The number of ether oxygens (including phenoxy) is 1. The summed E-state index contributed by atoms with van der Waals surface area (Å²) in [5.74, 6) is 1.22. The van der Waals surface area contributed by atoms with Crippen LogP contribution in [0, 0.1) is 17.3 Å². The molecule has 0 aromatic rings. The highest BCUT2D eigenvalue weighted by atomic mass is 35.5. The van der Waals surface area contributed by atoms with Crippen molar-refractivity contribution in [3.63, 3.8) is 0 Å². The van der Waals surface area contributed by atoms with Crippen molar-refractivity contribution in [2.75, 3.05) is 6.61 Å². The Balaban J connectivity index is 2.65. The van der Waals surface area contributed by atoms with E-state index in [0.29, 0.717) is 17.3 Å². The summed E-state index contributed by atoms with van der Waals surface area (Å²) in [5, 5.41) is 0. The molecule has 0 aromatic carbocycles. The Kier molecular flexibility index (Phi) is 4.27. The molecule has 1 aliphatic rings. The van der Waals surface area contributed by atoms with Crippen molar-refractivity contribution in [2.24, 2.45) is 17.3 Å². The molecule has 1 nitrogen and oxygen atoms in total. The topological polar surface area (TPSA) is 9.23 Å². The van der Waals surface area contributed by atoms with Crippen molar-refractivity contribution in [3.05, 3.63) is 0 Å². The number of hydrogen-bond donors (Lipinski definition) is 0. The van der Waals surface area contributed by atoms with Crippen molar-refractivity contribution in [1.82, 2.24) is 0 Å². The Bertz CT molecular complexity index is 179. The molecule has 3 atom stereocenters. The van der Waals surface area contributed by atoms with Gasteiger partial charge in [0.25, 0.3) is 0 Å². The second kappa shape index (κ2) is 4.85. The molecule has 3 unspecified atom stereocenters. The van der Waals surface area contributed by atoms with Gasteiger partial charge in [0.1, 0.15) is 5.56 Å². The first-order valence-electron chi connectivity index (χ1n) is 5.77. The van der Waals surface area contributed by atoms with Gasteiger partial charge in [-0.3, -0.25) is 0 Å². The van der Waals surface area contributed by atoms with Gasteiger partial charge in [-0.2, -0.15) is 0 Å². The first kappa shape index (κ1) is 12.3. The first-order valence-corrected chi connectivity index (χ1v) is 6.20. The highest BCUT2D eigenvalue weighted by Gasteiger charge is 2.38. The van der Waals surface area contributed by atoms with Gasteiger partial charge in [0.05, 0.1) is 6.61 Å². The molecular formula is C12H23ClO. The number of rotatable bonds is 3. The zero-order chi connectivity index (χ0) is 10.8. The van der Waals surface area contributed by atoms with Crippen LogP contribution in [0.1, 0.15) is 47.0 Å². The predicted molar refractivity (Wildman–Crippen MR) is 61.6 cm³/mol. The van der Waals surface area contributed by atoms with Crippen LogP contribution < -0.4 is 0 Å². The maximum Gasteiger partial charge on any atom is 0.134 e. The molecule has 1 aliphatic heterocycles. The number of hydrogen-bond acceptors (Lipinski definition) is 1. The van der Waals surface area contributed by atoms with E-state index in [1.807, 2.05) is 0 Å². The lowest BCUT2D eigenvalue weighted by Crippen LogP contribution is -2.39. The molecule has 0 N–H and O–H groups in total. The third-order valence-electron chi connectivity index (χ3n) is 3.89. The molecule has 1 rings (SSSR count). The zero-order valence-electron chi connectivity index (χ0n) is 9.85. The quantitative estimate of drug-likeness (QED) is 0.650. The number of halogens is 1. The summed E-state index contributed by atoms with van der Waals surface area (Å²) in [4.78, 5) is 0. The van der Waals surface area contributed by atoms with Crippen molar-refractivity contribution >= 4 is 11.6 Å². The molecule has 1 heterocycles. The van der Waals surface area contributed by atoms with Crippen LogP contribution in [0.3, 0.4) is 0 Å². The smallest absolute Gasteiger partial charge is 0.134 e. The lowest BCUT2D eigenvalue weighted by Gasteiger charge is -2.42. The molecule has 2 heteroatoms. The van der Waals surface area contributed by atoms with Gasteiger partial charge in [0.15, 0.2) is 0 Å². The largest absolute Gasteiger partial charge is 0.362 e. The normalized spacial score (nSPS) is 34.5. The van der Waals surface area contributed by atoms with Crippen LogP contribution in [-0.2, 0) is 4.74 Å². The van der Waals surface area contributed by atoms with Crippen LogP contribution in [0.25, 0.3) is 0 Å². The Morgan fingerprint density at radius 2 is 2.00 bits per heavy atom. The molecule has 0 radical (unpaired) electrons. The minimum atomic E-state index is -0.0762. The average molecular weight is 219 g/mol. The van der Waals surface area contributed by atoms with Gasteiger partial charge in [-0.1, -0.05) is 52.1 Å². The third-order valence-corrected chi connectivity index (χ3v) is 4.32. The molecule has 0 amide bonds. The van der Waals surface area contributed by atoms with Crippen LogP contribution in [0.5, 0.6) is 0 Å². The third kappa shape index (κ3) is 2.64. The Morgan fingerprint density at radius 1 is 1.36 bits per heavy atom. The maximum atomic E-state index is 6.25. The Hall–Kier alpha value is 0.250. The van der Waals surface area contributed by atoms with E-state index in [9.17, 15) is 0 Å². The van der Waals surface area contributed by atoms with E-state index in [0.717, 1.165) is 6.61 Å². The lowest BCUT2D eigenvalue weighted by atomic mass is 9.71. The van der Waals surface area contributed by atoms with Gasteiger partial charge in [-0.15, -0.1) is 0 Å². The fraction of sp³-hybridized carbons (Fsp3) is 1.00. The van der Waals surface area contributed by atoms with Crippen molar-refractivity contribution in [1.29, 1.82) is 0 Å². The molecule has 0 aromatic heterocycles. The summed E-state index contributed by atoms with van der Waals surface area (Å²) in [6.07, 6.45) is 3.60. The Morgan fingerprint density at radius 3 is 2.50 bits per heavy atom. The second-order valence-electron chi connectivity index (χ2n) is 5.14. The van der Waals surface area contributed by atoms with Crippen LogP contribution in [-0.4, -0.2) is 12.2 Å². The van der Waals surface area contributed by atoms with Crippen LogP contribution in [0.15, 0.2) is 0 Å². The van der Waals surface area contributed by atoms with Crippen molar-refractivity contribution in [3.8, 4) is 0 Å². The van der Waals surface area contributed by atoms with E-state index in [1.54, 1.807) is 0 Å². The van der Waals surface area contributed by atoms with Crippen LogP contribution >= 0.6 is 11.6 Å². The summed E-state index contributed by atoms with van der Waals surface area (Å²) in [6.45, 7) is 9.92. The van der Waals surface area contributed by atoms with E-state index in [1.165, 1.54) is 19.3 Å². The van der Waals surface area contributed by atoms with Gasteiger partial charge < -0.3 is 4.74 Å². The molecule has 0 aliphatic carbocycles. The lowest BCUT2D eigenvalue weighted by molar-refractivity contribution is -0.0544. The summed E-state index contributed by atoms with van der Waals surface area (Å²) in [7, 11) is 0. The molecule has 0 saturated carbocycles. The first-order chi connectivity index (χ1) is 6.51.